The molecule has 24 heavy (non-hydrogen) atoms. The van der Waals surface area contributed by atoms with Crippen molar-refractivity contribution in [3.8, 4) is 5.75 Å². The molecular weight excluding hydrogens is 302 g/mol. The molecule has 1 aromatic heterocycles. The van der Waals surface area contributed by atoms with E-state index in [1.54, 1.807) is 11.8 Å². The minimum absolute atomic E-state index is 0.0559. The normalized spacial score (nSPS) is 19.4. The number of hydrogen-bond donors (Lipinski definition) is 0. The van der Waals surface area contributed by atoms with Crippen LogP contribution in [0, 0.1) is 5.92 Å². The van der Waals surface area contributed by atoms with Crippen molar-refractivity contribution in [2.75, 3.05) is 7.11 Å². The summed E-state index contributed by atoms with van der Waals surface area (Å²) in [6, 6.07) is 8.16. The van der Waals surface area contributed by atoms with E-state index in [4.69, 9.17) is 4.74 Å². The predicted molar refractivity (Wildman–Crippen MR) is 92.7 cm³/mol. The summed E-state index contributed by atoms with van der Waals surface area (Å²) in [7, 11) is 3.57. The third-order valence-electron chi connectivity index (χ3n) is 4.66. The van der Waals surface area contributed by atoms with Gasteiger partial charge in [-0.25, -0.2) is 0 Å². The molecule has 1 heterocycles. The number of nitrogens with zero attached hydrogens (tertiary/aromatic N) is 3. The Morgan fingerprint density at radius 2 is 2.17 bits per heavy atom. The summed E-state index contributed by atoms with van der Waals surface area (Å²) >= 11 is 0. The van der Waals surface area contributed by atoms with Crippen LogP contribution in [-0.4, -0.2) is 33.7 Å². The highest BCUT2D eigenvalue weighted by molar-refractivity contribution is 5.83. The second kappa shape index (κ2) is 6.67. The number of rotatable bonds is 6. The van der Waals surface area contributed by atoms with Crippen molar-refractivity contribution in [3.05, 3.63) is 47.8 Å². The first-order valence-electron chi connectivity index (χ1n) is 8.42. The van der Waals surface area contributed by atoms with Gasteiger partial charge in [0.1, 0.15) is 5.75 Å². The molecule has 2 unspecified atom stereocenters. The van der Waals surface area contributed by atoms with Gasteiger partial charge in [-0.15, -0.1) is 0 Å². The Morgan fingerprint density at radius 3 is 2.79 bits per heavy atom. The van der Waals surface area contributed by atoms with E-state index < -0.39 is 0 Å². The lowest BCUT2D eigenvalue weighted by molar-refractivity contribution is -0.135. The molecule has 0 bridgehead atoms. The number of ether oxygens (including phenoxy) is 1. The molecule has 128 valence electrons. The average Bonchev–Trinajstić information content (AvgIpc) is 3.27. The highest BCUT2D eigenvalue weighted by Crippen LogP contribution is 2.51. The highest BCUT2D eigenvalue weighted by Gasteiger charge is 2.47. The molecule has 5 nitrogen and oxygen atoms in total. The Hall–Kier alpha value is -2.30. The van der Waals surface area contributed by atoms with Crippen molar-refractivity contribution < 1.29 is 9.53 Å². The Kier molecular flexibility index (Phi) is 4.60. The summed E-state index contributed by atoms with van der Waals surface area (Å²) in [6.45, 7) is 4.74. The fraction of sp³-hybridized carbons (Fsp3) is 0.474. The molecule has 2 aromatic rings. The van der Waals surface area contributed by atoms with Gasteiger partial charge in [-0.1, -0.05) is 18.2 Å². The van der Waals surface area contributed by atoms with Crippen LogP contribution >= 0.6 is 0 Å². The second-order valence-corrected chi connectivity index (χ2v) is 6.77. The number of aryl methyl sites for hydroxylation is 1. The van der Waals surface area contributed by atoms with E-state index >= 15 is 0 Å². The molecular formula is C19H25N3O2. The maximum atomic E-state index is 13.0. The number of amides is 1. The second-order valence-electron chi connectivity index (χ2n) is 6.77. The van der Waals surface area contributed by atoms with Gasteiger partial charge in [-0.05, 0) is 37.8 Å². The smallest absolute Gasteiger partial charge is 0.226 e. The SMILES string of the molecule is COc1ccccc1C1CC1C(=O)N(Cc1cnn(C)c1)C(C)C. The minimum atomic E-state index is 0.0559. The molecule has 0 spiro atoms. The maximum Gasteiger partial charge on any atom is 0.226 e. The molecule has 1 aliphatic rings. The lowest BCUT2D eigenvalue weighted by Crippen LogP contribution is -2.37. The van der Waals surface area contributed by atoms with Crippen LogP contribution in [0.15, 0.2) is 36.7 Å². The number of hydrogen-bond acceptors (Lipinski definition) is 3. The molecule has 0 radical (unpaired) electrons. The topological polar surface area (TPSA) is 47.4 Å². The summed E-state index contributed by atoms with van der Waals surface area (Å²) in [4.78, 5) is 15.0. The van der Waals surface area contributed by atoms with Crippen molar-refractivity contribution >= 4 is 5.91 Å². The first kappa shape index (κ1) is 16.6. The number of benzene rings is 1. The van der Waals surface area contributed by atoms with Crippen LogP contribution < -0.4 is 4.74 Å². The first-order chi connectivity index (χ1) is 11.5. The van der Waals surface area contributed by atoms with E-state index in [1.807, 2.05) is 42.5 Å². The quantitative estimate of drug-likeness (QED) is 0.819. The molecule has 1 amide bonds. The summed E-state index contributed by atoms with van der Waals surface area (Å²) in [5, 5.41) is 4.20. The number of carbonyl (C=O) groups is 1. The Labute approximate surface area is 143 Å². The summed E-state index contributed by atoms with van der Waals surface area (Å²) in [5.41, 5.74) is 2.21. The zero-order chi connectivity index (χ0) is 17.3. The van der Waals surface area contributed by atoms with Crippen LogP contribution in [0.5, 0.6) is 5.75 Å². The molecule has 1 aliphatic carbocycles. The van der Waals surface area contributed by atoms with E-state index in [1.165, 1.54) is 0 Å². The van der Waals surface area contributed by atoms with Crippen LogP contribution in [-0.2, 0) is 18.4 Å². The van der Waals surface area contributed by atoms with Crippen molar-refractivity contribution in [2.45, 2.75) is 38.8 Å². The van der Waals surface area contributed by atoms with Crippen molar-refractivity contribution in [2.24, 2.45) is 13.0 Å². The monoisotopic (exact) mass is 327 g/mol. The number of para-hydroxylation sites is 1. The standard InChI is InChI=1S/C19H25N3O2/c1-13(2)22(12-14-10-20-21(3)11-14)19(23)17-9-16(17)15-7-5-6-8-18(15)24-4/h5-8,10-11,13,16-17H,9,12H2,1-4H3. The summed E-state index contributed by atoms with van der Waals surface area (Å²) in [5.74, 6) is 1.43. The lowest BCUT2D eigenvalue weighted by Gasteiger charge is -2.26. The number of aromatic nitrogens is 2. The third kappa shape index (κ3) is 3.30. The van der Waals surface area contributed by atoms with Crippen LogP contribution in [0.1, 0.15) is 37.3 Å². The van der Waals surface area contributed by atoms with Gasteiger partial charge >= 0.3 is 0 Å². The van der Waals surface area contributed by atoms with Gasteiger partial charge in [0.05, 0.1) is 13.3 Å². The van der Waals surface area contributed by atoms with Crippen LogP contribution in [0.4, 0.5) is 0 Å². The van der Waals surface area contributed by atoms with Crippen molar-refractivity contribution in [3.63, 3.8) is 0 Å². The molecule has 3 rings (SSSR count). The summed E-state index contributed by atoms with van der Waals surface area (Å²) < 4.78 is 7.22. The summed E-state index contributed by atoms with van der Waals surface area (Å²) in [6.07, 6.45) is 4.69. The fourth-order valence-corrected chi connectivity index (χ4v) is 3.26. The van der Waals surface area contributed by atoms with Gasteiger partial charge < -0.3 is 9.64 Å². The molecule has 2 atom stereocenters. The van der Waals surface area contributed by atoms with Gasteiger partial charge in [0.25, 0.3) is 0 Å². The maximum absolute atomic E-state index is 13.0. The zero-order valence-electron chi connectivity index (χ0n) is 14.8. The van der Waals surface area contributed by atoms with Crippen LogP contribution in [0.3, 0.4) is 0 Å². The Balaban J connectivity index is 1.73. The highest BCUT2D eigenvalue weighted by atomic mass is 16.5. The molecule has 1 saturated carbocycles. The molecule has 0 saturated heterocycles. The first-order valence-corrected chi connectivity index (χ1v) is 8.42. The van der Waals surface area contributed by atoms with Crippen LogP contribution in [0.2, 0.25) is 0 Å². The number of carbonyl (C=O) groups excluding carboxylic acids is 1. The van der Waals surface area contributed by atoms with Crippen molar-refractivity contribution in [1.29, 1.82) is 0 Å². The molecule has 5 heteroatoms. The average molecular weight is 327 g/mol. The van der Waals surface area contributed by atoms with E-state index in [0.717, 1.165) is 23.3 Å². The van der Waals surface area contributed by atoms with Gasteiger partial charge in [0, 0.05) is 37.3 Å². The van der Waals surface area contributed by atoms with E-state index in [0.29, 0.717) is 6.54 Å². The number of methoxy groups -OCH3 is 1. The minimum Gasteiger partial charge on any atom is -0.496 e. The third-order valence-corrected chi connectivity index (χ3v) is 4.66. The predicted octanol–water partition coefficient (Wildman–Crippen LogP) is 2.97. The molecule has 0 N–H and O–H groups in total. The van der Waals surface area contributed by atoms with Crippen molar-refractivity contribution in [1.82, 2.24) is 14.7 Å². The van der Waals surface area contributed by atoms with Crippen LogP contribution in [0.25, 0.3) is 0 Å². The molecule has 0 aliphatic heterocycles. The molecule has 1 fully saturated rings. The fourth-order valence-electron chi connectivity index (χ4n) is 3.26. The van der Waals surface area contributed by atoms with E-state index in [9.17, 15) is 4.79 Å². The van der Waals surface area contributed by atoms with Gasteiger partial charge in [-0.2, -0.15) is 5.10 Å². The van der Waals surface area contributed by atoms with Gasteiger partial charge in [-0.3, -0.25) is 9.48 Å². The zero-order valence-corrected chi connectivity index (χ0v) is 14.8. The largest absolute Gasteiger partial charge is 0.496 e. The van der Waals surface area contributed by atoms with Gasteiger partial charge in [0.2, 0.25) is 5.91 Å². The lowest BCUT2D eigenvalue weighted by atomic mass is 10.1. The van der Waals surface area contributed by atoms with Gasteiger partial charge in [0.15, 0.2) is 0 Å². The molecule has 1 aromatic carbocycles. The Bertz CT molecular complexity index is 723. The van der Waals surface area contributed by atoms with E-state index in [-0.39, 0.29) is 23.8 Å². The van der Waals surface area contributed by atoms with E-state index in [2.05, 4.69) is 25.0 Å². The Morgan fingerprint density at radius 1 is 1.42 bits per heavy atom.